The molecule has 0 radical (unpaired) electrons. The van der Waals surface area contributed by atoms with Crippen LogP contribution in [0.5, 0.6) is 0 Å². The number of hydrogen-bond acceptors (Lipinski definition) is 3. The standard InChI is InChI=1S/C12H15NO2S/c14-12(15)7-3-4-8-13-9-16-11-6-2-1-5-10(11)13/h1-2,5-6H,3-4,7-9H2,(H,14,15). The number of aliphatic carboxylic acids is 1. The van der Waals surface area contributed by atoms with Gasteiger partial charge in [0.15, 0.2) is 0 Å². The summed E-state index contributed by atoms with van der Waals surface area (Å²) < 4.78 is 0. The number of unbranched alkanes of at least 4 members (excludes halogenated alkanes) is 1. The van der Waals surface area contributed by atoms with Crippen LogP contribution in [-0.4, -0.2) is 23.5 Å². The number of fused-ring (bicyclic) bond motifs is 1. The van der Waals surface area contributed by atoms with E-state index in [0.29, 0.717) is 0 Å². The number of carbonyl (C=O) groups is 1. The molecule has 1 heterocycles. The fraction of sp³-hybridized carbons (Fsp3) is 0.417. The Balaban J connectivity index is 1.82. The molecule has 0 unspecified atom stereocenters. The molecule has 1 aromatic rings. The number of para-hydroxylation sites is 1. The number of anilines is 1. The van der Waals surface area contributed by atoms with Crippen molar-refractivity contribution in [3.05, 3.63) is 24.3 Å². The molecule has 0 aliphatic carbocycles. The molecular formula is C12H15NO2S. The van der Waals surface area contributed by atoms with Crippen LogP contribution < -0.4 is 4.90 Å². The molecule has 0 atom stereocenters. The molecule has 0 amide bonds. The molecule has 0 fully saturated rings. The van der Waals surface area contributed by atoms with Gasteiger partial charge in [0.1, 0.15) is 0 Å². The summed E-state index contributed by atoms with van der Waals surface area (Å²) in [5.41, 5.74) is 1.29. The third-order valence-electron chi connectivity index (χ3n) is 2.65. The van der Waals surface area contributed by atoms with E-state index >= 15 is 0 Å². The maximum Gasteiger partial charge on any atom is 0.303 e. The van der Waals surface area contributed by atoms with E-state index in [0.717, 1.165) is 25.3 Å². The number of thioether (sulfide) groups is 1. The predicted octanol–water partition coefficient (Wildman–Crippen LogP) is 2.81. The minimum atomic E-state index is -0.698. The number of nitrogens with zero attached hydrogens (tertiary/aromatic N) is 1. The molecule has 1 aliphatic heterocycles. The number of carboxylic acid groups (broad SMARTS) is 1. The van der Waals surface area contributed by atoms with Crippen LogP contribution in [0.3, 0.4) is 0 Å². The molecule has 4 heteroatoms. The largest absolute Gasteiger partial charge is 0.481 e. The lowest BCUT2D eigenvalue weighted by Gasteiger charge is -2.17. The molecule has 3 nitrogen and oxygen atoms in total. The van der Waals surface area contributed by atoms with Crippen molar-refractivity contribution < 1.29 is 9.90 Å². The first-order chi connectivity index (χ1) is 7.77. The van der Waals surface area contributed by atoms with Gasteiger partial charge in [-0.2, -0.15) is 0 Å². The van der Waals surface area contributed by atoms with Gasteiger partial charge >= 0.3 is 5.97 Å². The van der Waals surface area contributed by atoms with Gasteiger partial charge in [-0.3, -0.25) is 4.79 Å². The topological polar surface area (TPSA) is 40.5 Å². The van der Waals surface area contributed by atoms with Gasteiger partial charge in [-0.1, -0.05) is 12.1 Å². The Morgan fingerprint density at radius 2 is 2.19 bits per heavy atom. The van der Waals surface area contributed by atoms with Gasteiger partial charge in [0.05, 0.1) is 11.6 Å². The molecular weight excluding hydrogens is 222 g/mol. The van der Waals surface area contributed by atoms with E-state index in [1.807, 2.05) is 11.8 Å². The Hall–Kier alpha value is -1.16. The second-order valence-corrected chi connectivity index (χ2v) is 4.84. The van der Waals surface area contributed by atoms with Gasteiger partial charge in [-0.15, -0.1) is 11.8 Å². The average Bonchev–Trinajstić information content (AvgIpc) is 2.68. The summed E-state index contributed by atoms with van der Waals surface area (Å²) in [4.78, 5) is 14.0. The van der Waals surface area contributed by atoms with Crippen molar-refractivity contribution in [3.8, 4) is 0 Å². The summed E-state index contributed by atoms with van der Waals surface area (Å²) in [6, 6.07) is 8.37. The lowest BCUT2D eigenvalue weighted by Crippen LogP contribution is -2.20. The van der Waals surface area contributed by atoms with Gasteiger partial charge in [-0.05, 0) is 25.0 Å². The smallest absolute Gasteiger partial charge is 0.303 e. The third-order valence-corrected chi connectivity index (χ3v) is 3.75. The summed E-state index contributed by atoms with van der Waals surface area (Å²) in [5.74, 6) is 0.295. The maximum absolute atomic E-state index is 10.4. The second-order valence-electron chi connectivity index (χ2n) is 3.86. The van der Waals surface area contributed by atoms with Crippen LogP contribution in [0.2, 0.25) is 0 Å². The molecule has 0 saturated carbocycles. The minimum Gasteiger partial charge on any atom is -0.481 e. The zero-order valence-electron chi connectivity index (χ0n) is 9.06. The van der Waals surface area contributed by atoms with Gasteiger partial charge in [0, 0.05) is 17.9 Å². The SMILES string of the molecule is O=C(O)CCCCN1CSc2ccccc21. The van der Waals surface area contributed by atoms with Gasteiger partial charge in [0.2, 0.25) is 0 Å². The summed E-state index contributed by atoms with van der Waals surface area (Å²) in [6.45, 7) is 0.956. The Morgan fingerprint density at radius 3 is 3.00 bits per heavy atom. The summed E-state index contributed by atoms with van der Waals surface area (Å²) in [5, 5.41) is 8.55. The van der Waals surface area contributed by atoms with Crippen LogP contribution in [-0.2, 0) is 4.79 Å². The minimum absolute atomic E-state index is 0.280. The lowest BCUT2D eigenvalue weighted by atomic mass is 10.2. The first-order valence-corrected chi connectivity index (χ1v) is 6.44. The first-order valence-electron chi connectivity index (χ1n) is 5.46. The van der Waals surface area contributed by atoms with Crippen molar-refractivity contribution in [1.82, 2.24) is 0 Å². The van der Waals surface area contributed by atoms with Crippen LogP contribution in [0.4, 0.5) is 5.69 Å². The highest BCUT2D eigenvalue weighted by Gasteiger charge is 2.17. The summed E-state index contributed by atoms with van der Waals surface area (Å²) >= 11 is 1.85. The van der Waals surface area contributed by atoms with Crippen LogP contribution in [0.15, 0.2) is 29.2 Å². The number of rotatable bonds is 5. The van der Waals surface area contributed by atoms with Crippen molar-refractivity contribution in [2.24, 2.45) is 0 Å². The zero-order chi connectivity index (χ0) is 11.4. The molecule has 0 saturated heterocycles. The third kappa shape index (κ3) is 2.70. The maximum atomic E-state index is 10.4. The lowest BCUT2D eigenvalue weighted by molar-refractivity contribution is -0.137. The van der Waals surface area contributed by atoms with E-state index in [9.17, 15) is 4.79 Å². The van der Waals surface area contributed by atoms with Crippen LogP contribution >= 0.6 is 11.8 Å². The molecule has 1 N–H and O–H groups in total. The molecule has 2 rings (SSSR count). The quantitative estimate of drug-likeness (QED) is 0.799. The van der Waals surface area contributed by atoms with Crippen molar-refractivity contribution in [2.45, 2.75) is 24.2 Å². The fourth-order valence-electron chi connectivity index (χ4n) is 1.82. The van der Waals surface area contributed by atoms with Crippen LogP contribution in [0, 0.1) is 0 Å². The number of carboxylic acids is 1. The first kappa shape index (κ1) is 11.3. The molecule has 0 bridgehead atoms. The van der Waals surface area contributed by atoms with E-state index in [-0.39, 0.29) is 6.42 Å². The molecule has 0 aromatic heterocycles. The fourth-order valence-corrected chi connectivity index (χ4v) is 2.90. The van der Waals surface area contributed by atoms with Crippen LogP contribution in [0.25, 0.3) is 0 Å². The number of benzene rings is 1. The Labute approximate surface area is 99.5 Å². The second kappa shape index (κ2) is 5.25. The van der Waals surface area contributed by atoms with Crippen molar-refractivity contribution in [3.63, 3.8) is 0 Å². The van der Waals surface area contributed by atoms with Crippen LogP contribution in [0.1, 0.15) is 19.3 Å². The molecule has 0 spiro atoms. The average molecular weight is 237 g/mol. The highest BCUT2D eigenvalue weighted by atomic mass is 32.2. The molecule has 1 aromatic carbocycles. The molecule has 16 heavy (non-hydrogen) atoms. The van der Waals surface area contributed by atoms with Gasteiger partial charge in [0.25, 0.3) is 0 Å². The predicted molar refractivity (Wildman–Crippen MR) is 66.0 cm³/mol. The highest BCUT2D eigenvalue weighted by Crippen LogP contribution is 2.37. The van der Waals surface area contributed by atoms with Crippen molar-refractivity contribution >= 4 is 23.4 Å². The number of hydrogen-bond donors (Lipinski definition) is 1. The van der Waals surface area contributed by atoms with E-state index in [4.69, 9.17) is 5.11 Å². The zero-order valence-corrected chi connectivity index (χ0v) is 9.87. The highest BCUT2D eigenvalue weighted by molar-refractivity contribution is 7.99. The van der Waals surface area contributed by atoms with Crippen molar-refractivity contribution in [1.29, 1.82) is 0 Å². The van der Waals surface area contributed by atoms with Crippen molar-refractivity contribution in [2.75, 3.05) is 17.3 Å². The summed E-state index contributed by atoms with van der Waals surface area (Å²) in [7, 11) is 0. The van der Waals surface area contributed by atoms with E-state index < -0.39 is 5.97 Å². The Bertz CT molecular complexity index is 381. The molecule has 1 aliphatic rings. The molecule has 86 valence electrons. The summed E-state index contributed by atoms with van der Waals surface area (Å²) in [6.07, 6.45) is 1.99. The Morgan fingerprint density at radius 1 is 1.38 bits per heavy atom. The Kier molecular flexibility index (Phi) is 3.72. The van der Waals surface area contributed by atoms with E-state index in [1.54, 1.807) is 0 Å². The van der Waals surface area contributed by atoms with E-state index in [2.05, 4.69) is 29.2 Å². The monoisotopic (exact) mass is 237 g/mol. The normalized spacial score (nSPS) is 13.9. The van der Waals surface area contributed by atoms with Gasteiger partial charge in [-0.25, -0.2) is 0 Å². The van der Waals surface area contributed by atoms with Gasteiger partial charge < -0.3 is 10.0 Å². The van der Waals surface area contributed by atoms with E-state index in [1.165, 1.54) is 10.6 Å².